The van der Waals surface area contributed by atoms with Gasteiger partial charge in [-0.1, -0.05) is 81.2 Å². The molecular formula is C27H45BrO4Si2. The number of rotatable bonds is 6. The Kier molecular flexibility index (Phi) is 10.7. The molecule has 2 N–H and O–H groups in total. The number of hydrogen-bond donors (Lipinski definition) is 2. The third-order valence-electron chi connectivity index (χ3n) is 7.37. The molecule has 0 aromatic carbocycles. The summed E-state index contributed by atoms with van der Waals surface area (Å²) in [6.45, 7) is 23.8. The van der Waals surface area contributed by atoms with Crippen LogP contribution in [0.2, 0.25) is 36.3 Å². The molecule has 0 aromatic rings. The highest BCUT2D eigenvalue weighted by molar-refractivity contribution is 9.09. The lowest BCUT2D eigenvalue weighted by atomic mass is 9.89. The summed E-state index contributed by atoms with van der Waals surface area (Å²) < 4.78 is 13.7. The van der Waals surface area contributed by atoms with Gasteiger partial charge in [0.1, 0.15) is 11.7 Å². The summed E-state index contributed by atoms with van der Waals surface area (Å²) in [6, 6.07) is 0. The van der Waals surface area contributed by atoms with Gasteiger partial charge in [-0.3, -0.25) is 0 Å². The number of aliphatic hydroxyl groups is 2. The summed E-state index contributed by atoms with van der Waals surface area (Å²) in [5, 5.41) is 21.9. The van der Waals surface area contributed by atoms with E-state index in [9.17, 15) is 10.2 Å². The van der Waals surface area contributed by atoms with Crippen LogP contribution in [0.25, 0.3) is 0 Å². The minimum atomic E-state index is -2.26. The third-order valence-corrected chi connectivity index (χ3v) is 16.6. The third kappa shape index (κ3) is 7.67. The van der Waals surface area contributed by atoms with Crippen LogP contribution in [-0.4, -0.2) is 56.6 Å². The molecule has 3 atom stereocenters. The molecule has 0 aliphatic heterocycles. The zero-order valence-corrected chi connectivity index (χ0v) is 26.6. The Morgan fingerprint density at radius 1 is 1.06 bits per heavy atom. The fourth-order valence-corrected chi connectivity index (χ4v) is 5.78. The van der Waals surface area contributed by atoms with E-state index in [1.807, 2.05) is 13.0 Å². The molecule has 4 nitrogen and oxygen atoms in total. The van der Waals surface area contributed by atoms with Gasteiger partial charge < -0.3 is 19.1 Å². The second kappa shape index (κ2) is 11.6. The molecule has 34 heavy (non-hydrogen) atoms. The van der Waals surface area contributed by atoms with Crippen molar-refractivity contribution in [3.8, 4) is 23.7 Å². The average molecular weight is 570 g/mol. The average Bonchev–Trinajstić information content (AvgIpc) is 2.90. The Labute approximate surface area is 219 Å². The molecule has 0 spiro atoms. The Hall–Kier alpha value is -0.646. The highest BCUT2D eigenvalue weighted by atomic mass is 79.9. The topological polar surface area (TPSA) is 58.9 Å². The van der Waals surface area contributed by atoms with Gasteiger partial charge in [-0.2, -0.15) is 0 Å². The number of alkyl halides is 1. The summed E-state index contributed by atoms with van der Waals surface area (Å²) in [7, 11) is -4.44. The van der Waals surface area contributed by atoms with E-state index < -0.39 is 34.4 Å². The van der Waals surface area contributed by atoms with E-state index in [1.165, 1.54) is 0 Å². The van der Waals surface area contributed by atoms with Crippen molar-refractivity contribution < 1.29 is 19.1 Å². The van der Waals surface area contributed by atoms with E-state index in [2.05, 4.69) is 107 Å². The van der Waals surface area contributed by atoms with Crippen LogP contribution in [-0.2, 0) is 8.85 Å². The van der Waals surface area contributed by atoms with Crippen molar-refractivity contribution in [1.82, 2.24) is 0 Å². The van der Waals surface area contributed by atoms with E-state index in [1.54, 1.807) is 6.08 Å². The van der Waals surface area contributed by atoms with Crippen molar-refractivity contribution in [3.05, 3.63) is 23.3 Å². The number of allylic oxidation sites excluding steroid dienone is 1. The van der Waals surface area contributed by atoms with Crippen LogP contribution in [0.1, 0.15) is 54.9 Å². The second-order valence-corrected chi connectivity index (χ2v) is 22.2. The quantitative estimate of drug-likeness (QED) is 0.228. The van der Waals surface area contributed by atoms with Crippen molar-refractivity contribution in [2.75, 3.05) is 11.9 Å². The Balaban J connectivity index is 3.68. The first-order valence-corrected chi connectivity index (χ1v) is 18.9. The Morgan fingerprint density at radius 2 is 1.59 bits per heavy atom. The summed E-state index contributed by atoms with van der Waals surface area (Å²) in [5.41, 5.74) is -0.0630. The molecular weight excluding hydrogens is 524 g/mol. The maximum Gasteiger partial charge on any atom is 0.193 e. The molecule has 0 amide bonds. The fourth-order valence-electron chi connectivity index (χ4n) is 3.04. The maximum atomic E-state index is 12.2. The number of aliphatic hydroxyl groups excluding tert-OH is 1. The molecule has 0 fully saturated rings. The lowest BCUT2D eigenvalue weighted by Gasteiger charge is -2.46. The van der Waals surface area contributed by atoms with Crippen LogP contribution < -0.4 is 0 Å². The molecule has 192 valence electrons. The minimum Gasteiger partial charge on any atom is -0.408 e. The summed E-state index contributed by atoms with van der Waals surface area (Å²) in [5.74, 6) is 12.4. The monoisotopic (exact) mass is 568 g/mol. The van der Waals surface area contributed by atoms with Gasteiger partial charge in [0.05, 0.1) is 18.0 Å². The Morgan fingerprint density at radius 3 is 2.06 bits per heavy atom. The second-order valence-electron chi connectivity index (χ2n) is 12.1. The molecule has 0 saturated carbocycles. The molecule has 7 heteroatoms. The van der Waals surface area contributed by atoms with Gasteiger partial charge in [-0.15, -0.1) is 0 Å². The molecule has 0 radical (unpaired) electrons. The van der Waals surface area contributed by atoms with Gasteiger partial charge in [-0.25, -0.2) is 0 Å². The molecule has 0 saturated heterocycles. The minimum absolute atomic E-state index is 0.00509. The zero-order chi connectivity index (χ0) is 26.6. The SMILES string of the molecule is C/C(C#CC1=C[C@@H](O[Si](C)(C)C(C)(C)C)[C@H](O[Si](C)(C)C(C)(C)C)C1(O)CC#CCBr)=C/CO. The highest BCUT2D eigenvalue weighted by Gasteiger charge is 2.55. The van der Waals surface area contributed by atoms with Crippen LogP contribution in [0, 0.1) is 23.7 Å². The van der Waals surface area contributed by atoms with E-state index in [-0.39, 0.29) is 23.1 Å². The van der Waals surface area contributed by atoms with Crippen molar-refractivity contribution in [2.45, 2.75) is 109 Å². The van der Waals surface area contributed by atoms with Crippen LogP contribution in [0.4, 0.5) is 0 Å². The van der Waals surface area contributed by atoms with Crippen LogP contribution in [0.3, 0.4) is 0 Å². The molecule has 0 bridgehead atoms. The van der Waals surface area contributed by atoms with Crippen molar-refractivity contribution in [2.24, 2.45) is 0 Å². The summed E-state index contributed by atoms with van der Waals surface area (Å²) >= 11 is 3.35. The lowest BCUT2D eigenvalue weighted by molar-refractivity contribution is -0.0606. The molecule has 0 aromatic heterocycles. The lowest BCUT2D eigenvalue weighted by Crippen LogP contribution is -2.57. The van der Waals surface area contributed by atoms with Crippen LogP contribution >= 0.6 is 15.9 Å². The number of hydrogen-bond acceptors (Lipinski definition) is 4. The van der Waals surface area contributed by atoms with E-state index >= 15 is 0 Å². The first-order valence-electron chi connectivity index (χ1n) is 11.9. The molecule has 1 aliphatic rings. The summed E-state index contributed by atoms with van der Waals surface area (Å²) in [4.78, 5) is 0. The van der Waals surface area contributed by atoms with Crippen LogP contribution in [0.15, 0.2) is 23.3 Å². The standard InChI is InChI=1S/C27H45BrO4Si2/c1-21(16-19-29)14-15-22-20-23(31-33(8,9)25(2,3)4)24(27(22,30)17-12-13-18-28)32-34(10,11)26(5,6)7/h16,20,23-24,29-30H,17-19H2,1-11H3/b21-16-/t23-,24+,27?/m1/s1. The van der Waals surface area contributed by atoms with Crippen molar-refractivity contribution in [3.63, 3.8) is 0 Å². The predicted molar refractivity (Wildman–Crippen MR) is 152 cm³/mol. The van der Waals surface area contributed by atoms with Gasteiger partial charge in [0.15, 0.2) is 16.6 Å². The molecule has 0 heterocycles. The van der Waals surface area contributed by atoms with Gasteiger partial charge >= 0.3 is 0 Å². The maximum absolute atomic E-state index is 12.2. The first-order chi connectivity index (χ1) is 15.3. The van der Waals surface area contributed by atoms with Gasteiger partial charge in [0.25, 0.3) is 0 Å². The van der Waals surface area contributed by atoms with E-state index in [0.29, 0.717) is 10.9 Å². The molecule has 1 unspecified atom stereocenters. The first kappa shape index (κ1) is 31.4. The highest BCUT2D eigenvalue weighted by Crippen LogP contribution is 2.46. The zero-order valence-electron chi connectivity index (χ0n) is 23.0. The van der Waals surface area contributed by atoms with Crippen molar-refractivity contribution >= 4 is 32.6 Å². The van der Waals surface area contributed by atoms with Gasteiger partial charge in [0.2, 0.25) is 0 Å². The normalized spacial score (nSPS) is 24.2. The molecule has 1 rings (SSSR count). The van der Waals surface area contributed by atoms with E-state index in [0.717, 1.165) is 5.57 Å². The van der Waals surface area contributed by atoms with Gasteiger partial charge in [0, 0.05) is 12.0 Å². The van der Waals surface area contributed by atoms with E-state index in [4.69, 9.17) is 8.85 Å². The van der Waals surface area contributed by atoms with Crippen LogP contribution in [0.5, 0.6) is 0 Å². The molecule has 1 aliphatic carbocycles. The van der Waals surface area contributed by atoms with Crippen molar-refractivity contribution in [1.29, 1.82) is 0 Å². The van der Waals surface area contributed by atoms with Gasteiger partial charge in [-0.05, 0) is 60.9 Å². The summed E-state index contributed by atoms with van der Waals surface area (Å²) in [6.07, 6.45) is 2.79. The number of halogens is 1. The Bertz CT molecular complexity index is 901. The predicted octanol–water partition coefficient (Wildman–Crippen LogP) is 6.17. The fraction of sp³-hybridized carbons (Fsp3) is 0.704. The smallest absolute Gasteiger partial charge is 0.193 e. The largest absolute Gasteiger partial charge is 0.408 e.